The minimum Gasteiger partial charge on any atom is -0.396 e. The topological polar surface area (TPSA) is 52.6 Å². The SMILES string of the molecule is Cc1cc(Br)c2ccccc2c1NC(=O)N1CC(CO)C1. The van der Waals surface area contributed by atoms with Crippen LogP contribution in [0.4, 0.5) is 10.5 Å². The lowest BCUT2D eigenvalue weighted by atomic mass is 10.0. The molecule has 110 valence electrons. The third-order valence-electron chi connectivity index (χ3n) is 3.93. The minimum absolute atomic E-state index is 0.102. The van der Waals surface area contributed by atoms with Gasteiger partial charge in [-0.1, -0.05) is 40.2 Å². The van der Waals surface area contributed by atoms with Crippen LogP contribution in [0.1, 0.15) is 5.56 Å². The van der Waals surface area contributed by atoms with Gasteiger partial charge in [-0.2, -0.15) is 0 Å². The quantitative estimate of drug-likeness (QED) is 0.874. The van der Waals surface area contributed by atoms with Crippen LogP contribution in [-0.4, -0.2) is 35.7 Å². The van der Waals surface area contributed by atoms with E-state index in [0.717, 1.165) is 26.5 Å². The molecule has 1 aliphatic heterocycles. The predicted molar refractivity (Wildman–Crippen MR) is 87.6 cm³/mol. The number of urea groups is 1. The number of anilines is 1. The number of nitrogens with one attached hydrogen (secondary N) is 1. The Hall–Kier alpha value is -1.59. The molecule has 1 saturated heterocycles. The summed E-state index contributed by atoms with van der Waals surface area (Å²) in [5.41, 5.74) is 1.87. The monoisotopic (exact) mass is 348 g/mol. The predicted octanol–water partition coefficient (Wildman–Crippen LogP) is 3.37. The van der Waals surface area contributed by atoms with Crippen LogP contribution in [0.3, 0.4) is 0 Å². The summed E-state index contributed by atoms with van der Waals surface area (Å²) >= 11 is 3.57. The van der Waals surface area contributed by atoms with Crippen molar-refractivity contribution in [3.63, 3.8) is 0 Å². The highest BCUT2D eigenvalue weighted by Gasteiger charge is 2.30. The first kappa shape index (κ1) is 14.4. The van der Waals surface area contributed by atoms with Crippen molar-refractivity contribution >= 4 is 38.4 Å². The van der Waals surface area contributed by atoms with E-state index in [1.165, 1.54) is 0 Å². The smallest absolute Gasteiger partial charge is 0.321 e. The zero-order valence-corrected chi connectivity index (χ0v) is 13.4. The Kier molecular flexibility index (Phi) is 3.87. The number of hydrogen-bond donors (Lipinski definition) is 2. The molecule has 5 heteroatoms. The Balaban J connectivity index is 1.89. The Morgan fingerprint density at radius 3 is 2.71 bits per heavy atom. The molecule has 4 nitrogen and oxygen atoms in total. The number of aliphatic hydroxyl groups excluding tert-OH is 1. The van der Waals surface area contributed by atoms with Crippen LogP contribution in [0.15, 0.2) is 34.8 Å². The largest absolute Gasteiger partial charge is 0.396 e. The van der Waals surface area contributed by atoms with Crippen LogP contribution < -0.4 is 5.32 Å². The van der Waals surface area contributed by atoms with Gasteiger partial charge in [0.2, 0.25) is 0 Å². The van der Waals surface area contributed by atoms with Gasteiger partial charge in [-0.15, -0.1) is 0 Å². The lowest BCUT2D eigenvalue weighted by Gasteiger charge is -2.38. The minimum atomic E-state index is -0.102. The van der Waals surface area contributed by atoms with Gasteiger partial charge in [-0.3, -0.25) is 0 Å². The molecule has 0 saturated carbocycles. The highest BCUT2D eigenvalue weighted by Crippen LogP contribution is 2.33. The second kappa shape index (κ2) is 5.66. The van der Waals surface area contributed by atoms with E-state index in [9.17, 15) is 4.79 Å². The van der Waals surface area contributed by atoms with E-state index >= 15 is 0 Å². The molecule has 1 heterocycles. The third-order valence-corrected chi connectivity index (χ3v) is 4.58. The molecule has 1 fully saturated rings. The van der Waals surface area contributed by atoms with E-state index in [0.29, 0.717) is 13.1 Å². The van der Waals surface area contributed by atoms with Gasteiger partial charge in [0.05, 0.1) is 5.69 Å². The van der Waals surface area contributed by atoms with Crippen molar-refractivity contribution in [1.82, 2.24) is 4.90 Å². The number of benzene rings is 2. The van der Waals surface area contributed by atoms with Crippen LogP contribution in [0.5, 0.6) is 0 Å². The van der Waals surface area contributed by atoms with Gasteiger partial charge >= 0.3 is 6.03 Å². The normalized spacial score (nSPS) is 15.1. The van der Waals surface area contributed by atoms with E-state index in [2.05, 4.69) is 21.2 Å². The molecule has 2 aromatic rings. The molecule has 2 amide bonds. The fourth-order valence-electron chi connectivity index (χ4n) is 2.66. The van der Waals surface area contributed by atoms with Crippen molar-refractivity contribution in [3.8, 4) is 0 Å². The van der Waals surface area contributed by atoms with Crippen LogP contribution in [0.2, 0.25) is 0 Å². The van der Waals surface area contributed by atoms with Gasteiger partial charge in [0.1, 0.15) is 0 Å². The van der Waals surface area contributed by atoms with Gasteiger partial charge in [0.25, 0.3) is 0 Å². The Morgan fingerprint density at radius 1 is 1.38 bits per heavy atom. The molecule has 0 aliphatic carbocycles. The van der Waals surface area contributed by atoms with E-state index in [4.69, 9.17) is 5.11 Å². The molecule has 0 spiro atoms. The van der Waals surface area contributed by atoms with Crippen LogP contribution >= 0.6 is 15.9 Å². The molecule has 0 atom stereocenters. The number of carbonyl (C=O) groups excluding carboxylic acids is 1. The summed E-state index contributed by atoms with van der Waals surface area (Å²) in [4.78, 5) is 14.0. The highest BCUT2D eigenvalue weighted by molar-refractivity contribution is 9.10. The first-order valence-electron chi connectivity index (χ1n) is 6.94. The molecule has 3 rings (SSSR count). The number of carbonyl (C=O) groups is 1. The van der Waals surface area contributed by atoms with E-state index in [1.54, 1.807) is 4.90 Å². The van der Waals surface area contributed by atoms with Crippen LogP contribution in [0.25, 0.3) is 10.8 Å². The molecule has 2 aromatic carbocycles. The number of aliphatic hydroxyl groups is 1. The standard InChI is InChI=1S/C16H17BrN2O2/c1-10-6-14(17)12-4-2-3-5-13(12)15(10)18-16(21)19-7-11(8-19)9-20/h2-6,11,20H,7-9H2,1H3,(H,18,21). The van der Waals surface area contributed by atoms with Gasteiger partial charge in [0.15, 0.2) is 0 Å². The Labute approximate surface area is 131 Å². The van der Waals surface area contributed by atoms with Gasteiger partial charge in [-0.25, -0.2) is 4.79 Å². The van der Waals surface area contributed by atoms with Crippen molar-refractivity contribution < 1.29 is 9.90 Å². The lowest BCUT2D eigenvalue weighted by molar-refractivity contribution is 0.0838. The molecular formula is C16H17BrN2O2. The zero-order valence-electron chi connectivity index (χ0n) is 11.8. The summed E-state index contributed by atoms with van der Waals surface area (Å²) in [6.45, 7) is 3.37. The van der Waals surface area contributed by atoms with Crippen molar-refractivity contribution in [2.75, 3.05) is 25.0 Å². The summed E-state index contributed by atoms with van der Waals surface area (Å²) in [6.07, 6.45) is 0. The second-order valence-corrected chi connectivity index (χ2v) is 6.33. The molecule has 0 radical (unpaired) electrons. The molecule has 2 N–H and O–H groups in total. The summed E-state index contributed by atoms with van der Waals surface area (Å²) in [5, 5.41) is 14.1. The van der Waals surface area contributed by atoms with Gasteiger partial charge in [-0.05, 0) is 23.9 Å². The fourth-order valence-corrected chi connectivity index (χ4v) is 3.35. The van der Waals surface area contributed by atoms with E-state index in [-0.39, 0.29) is 18.6 Å². The number of halogens is 1. The van der Waals surface area contributed by atoms with Crippen molar-refractivity contribution in [3.05, 3.63) is 40.4 Å². The fraction of sp³-hybridized carbons (Fsp3) is 0.312. The first-order valence-corrected chi connectivity index (χ1v) is 7.74. The third kappa shape index (κ3) is 2.63. The number of nitrogens with zero attached hydrogens (tertiary/aromatic N) is 1. The maximum Gasteiger partial charge on any atom is 0.321 e. The Bertz CT molecular complexity index is 696. The number of fused-ring (bicyclic) bond motifs is 1. The molecule has 1 aliphatic rings. The average Bonchev–Trinajstić information content (AvgIpc) is 2.42. The van der Waals surface area contributed by atoms with Crippen molar-refractivity contribution in [2.45, 2.75) is 6.92 Å². The van der Waals surface area contributed by atoms with Crippen molar-refractivity contribution in [1.29, 1.82) is 0 Å². The molecule has 0 unspecified atom stereocenters. The molecular weight excluding hydrogens is 332 g/mol. The molecule has 0 bridgehead atoms. The molecule has 0 aromatic heterocycles. The van der Waals surface area contributed by atoms with Gasteiger partial charge < -0.3 is 15.3 Å². The average molecular weight is 349 g/mol. The van der Waals surface area contributed by atoms with E-state index < -0.39 is 0 Å². The zero-order chi connectivity index (χ0) is 15.0. The first-order chi connectivity index (χ1) is 10.1. The van der Waals surface area contributed by atoms with Crippen LogP contribution in [-0.2, 0) is 0 Å². The summed E-state index contributed by atoms with van der Waals surface area (Å²) < 4.78 is 1.03. The Morgan fingerprint density at radius 2 is 2.05 bits per heavy atom. The van der Waals surface area contributed by atoms with Crippen molar-refractivity contribution in [2.24, 2.45) is 5.92 Å². The number of aryl methyl sites for hydroxylation is 1. The maximum atomic E-state index is 12.3. The number of rotatable bonds is 2. The van der Waals surface area contributed by atoms with Crippen LogP contribution in [0, 0.1) is 12.8 Å². The lowest BCUT2D eigenvalue weighted by Crippen LogP contribution is -2.52. The van der Waals surface area contributed by atoms with E-state index in [1.807, 2.05) is 37.3 Å². The number of likely N-dealkylation sites (tertiary alicyclic amines) is 1. The second-order valence-electron chi connectivity index (χ2n) is 5.48. The summed E-state index contributed by atoms with van der Waals surface area (Å²) in [6, 6.07) is 9.90. The summed E-state index contributed by atoms with van der Waals surface area (Å²) in [5.74, 6) is 0.221. The number of hydrogen-bond acceptors (Lipinski definition) is 2. The van der Waals surface area contributed by atoms with Gasteiger partial charge in [0, 0.05) is 35.5 Å². The molecule has 21 heavy (non-hydrogen) atoms. The number of amides is 2. The maximum absolute atomic E-state index is 12.3. The summed E-state index contributed by atoms with van der Waals surface area (Å²) in [7, 11) is 0. The highest BCUT2D eigenvalue weighted by atomic mass is 79.9.